The van der Waals surface area contributed by atoms with E-state index in [9.17, 15) is 8.78 Å². The molecule has 1 fully saturated rings. The fourth-order valence-electron chi connectivity index (χ4n) is 4.68. The van der Waals surface area contributed by atoms with E-state index in [-0.39, 0.29) is 63.0 Å². The molecule has 5 rings (SSSR count). The summed E-state index contributed by atoms with van der Waals surface area (Å²) in [5.41, 5.74) is 4.65. The second kappa shape index (κ2) is 8.02. The lowest BCUT2D eigenvalue weighted by atomic mass is 9.95. The van der Waals surface area contributed by atoms with Gasteiger partial charge in [0.05, 0.1) is 40.4 Å². The second-order valence-electron chi connectivity index (χ2n) is 8.43. The molecule has 0 unspecified atom stereocenters. The normalized spacial score (nSPS) is 17.9. The Hall–Kier alpha value is -3.05. The van der Waals surface area contributed by atoms with E-state index in [0.29, 0.717) is 32.4 Å². The van der Waals surface area contributed by atoms with E-state index < -0.39 is 17.3 Å². The van der Waals surface area contributed by atoms with Crippen LogP contribution in [0.15, 0.2) is 6.07 Å². The number of piperazine rings is 1. The lowest BCUT2D eigenvalue weighted by Gasteiger charge is -2.35. The summed E-state index contributed by atoms with van der Waals surface area (Å²) in [6.45, 7) is 4.27. The van der Waals surface area contributed by atoms with Crippen molar-refractivity contribution in [2.75, 3.05) is 44.0 Å². The first-order chi connectivity index (χ1) is 16.1. The van der Waals surface area contributed by atoms with Crippen molar-refractivity contribution in [2.24, 2.45) is 0 Å². The summed E-state index contributed by atoms with van der Waals surface area (Å²) in [6, 6.07) is 1.12. The summed E-state index contributed by atoms with van der Waals surface area (Å²) in [4.78, 5) is 14.7. The zero-order valence-electron chi connectivity index (χ0n) is 18.7. The fraction of sp³-hybridized carbons (Fsp3) is 0.409. The molecule has 1 saturated heterocycles. The SMILES string of the molecule is COc1nc2c3c(c(Cl)c(-c4nc(N)cc(C)c4C(C)(F)F)c(F)c3n1)OC[C@@H]1CNCCN21. The zero-order chi connectivity index (χ0) is 24.4. The van der Waals surface area contributed by atoms with Crippen molar-refractivity contribution in [3.8, 4) is 23.0 Å². The standard InChI is InChI=1S/C22H22ClF3N6O2/c1-9-6-11(27)29-17(14(9)22(2,25)26)12-15(23)19-13-18(16(12)24)30-21(33-3)31-20(13)32-5-4-28-7-10(32)8-34-19/h6,10,28H,4-5,7-8H2,1-3H3,(H2,27,29)/t10-/m0/s1. The van der Waals surface area contributed by atoms with Gasteiger partial charge in [0.1, 0.15) is 23.8 Å². The van der Waals surface area contributed by atoms with Gasteiger partial charge in [-0.15, -0.1) is 0 Å². The van der Waals surface area contributed by atoms with Crippen LogP contribution in [0.3, 0.4) is 0 Å². The highest BCUT2D eigenvalue weighted by atomic mass is 35.5. The highest BCUT2D eigenvalue weighted by Crippen LogP contribution is 2.50. The number of hydrogen-bond donors (Lipinski definition) is 2. The monoisotopic (exact) mass is 494 g/mol. The minimum absolute atomic E-state index is 0.0491. The number of aryl methyl sites for hydroxylation is 1. The number of nitrogens with two attached hydrogens (primary N) is 1. The molecule has 180 valence electrons. The molecule has 4 heterocycles. The van der Waals surface area contributed by atoms with Gasteiger partial charge in [-0.1, -0.05) is 11.6 Å². The van der Waals surface area contributed by atoms with Gasteiger partial charge >= 0.3 is 6.01 Å². The number of hydrogen-bond acceptors (Lipinski definition) is 8. The first-order valence-electron chi connectivity index (χ1n) is 10.6. The van der Waals surface area contributed by atoms with Crippen molar-refractivity contribution >= 4 is 34.1 Å². The molecule has 3 N–H and O–H groups in total. The third kappa shape index (κ3) is 3.45. The number of halogens is 4. The van der Waals surface area contributed by atoms with E-state index in [1.54, 1.807) is 0 Å². The molecular formula is C22H22ClF3N6O2. The Morgan fingerprint density at radius 2 is 2.09 bits per heavy atom. The van der Waals surface area contributed by atoms with Crippen LogP contribution in [-0.2, 0) is 5.92 Å². The average molecular weight is 495 g/mol. The van der Waals surface area contributed by atoms with Gasteiger partial charge in [0.25, 0.3) is 5.92 Å². The molecule has 0 saturated carbocycles. The van der Waals surface area contributed by atoms with E-state index in [1.807, 2.05) is 4.90 Å². The maximum absolute atomic E-state index is 16.2. The summed E-state index contributed by atoms with van der Waals surface area (Å²) >= 11 is 6.69. The first kappa shape index (κ1) is 22.7. The quantitative estimate of drug-likeness (QED) is 0.569. The Labute approximate surface area is 198 Å². The second-order valence-corrected chi connectivity index (χ2v) is 8.81. The molecule has 1 aromatic carbocycles. The van der Waals surface area contributed by atoms with Crippen molar-refractivity contribution < 1.29 is 22.6 Å². The van der Waals surface area contributed by atoms with Crippen molar-refractivity contribution in [2.45, 2.75) is 25.8 Å². The van der Waals surface area contributed by atoms with Crippen LogP contribution in [0.5, 0.6) is 11.8 Å². The molecule has 3 aromatic rings. The molecule has 8 nitrogen and oxygen atoms in total. The Kier molecular flexibility index (Phi) is 5.36. The lowest BCUT2D eigenvalue weighted by molar-refractivity contribution is 0.0172. The number of rotatable bonds is 3. The number of fused-ring (bicyclic) bond motifs is 2. The molecule has 2 aromatic heterocycles. The largest absolute Gasteiger partial charge is 0.489 e. The minimum atomic E-state index is -3.35. The molecule has 2 aliphatic rings. The smallest absolute Gasteiger partial charge is 0.318 e. The van der Waals surface area contributed by atoms with Gasteiger partial charge in [-0.3, -0.25) is 0 Å². The molecule has 34 heavy (non-hydrogen) atoms. The number of pyridine rings is 1. The Bertz CT molecular complexity index is 1320. The number of nitrogens with zero attached hydrogens (tertiary/aromatic N) is 4. The van der Waals surface area contributed by atoms with Crippen molar-refractivity contribution in [3.63, 3.8) is 0 Å². The van der Waals surface area contributed by atoms with Gasteiger partial charge in [0.15, 0.2) is 11.6 Å². The van der Waals surface area contributed by atoms with Crippen LogP contribution in [0.2, 0.25) is 5.02 Å². The summed E-state index contributed by atoms with van der Waals surface area (Å²) in [5.74, 6) is -3.82. The van der Waals surface area contributed by atoms with Crippen molar-refractivity contribution in [3.05, 3.63) is 28.0 Å². The van der Waals surface area contributed by atoms with E-state index >= 15 is 4.39 Å². The Morgan fingerprint density at radius 3 is 2.79 bits per heavy atom. The highest BCUT2D eigenvalue weighted by Gasteiger charge is 2.38. The van der Waals surface area contributed by atoms with Gasteiger partial charge in [-0.25, -0.2) is 18.2 Å². The summed E-state index contributed by atoms with van der Waals surface area (Å²) < 4.78 is 56.8. The predicted octanol–water partition coefficient (Wildman–Crippen LogP) is 3.67. The van der Waals surface area contributed by atoms with E-state index in [4.69, 9.17) is 26.8 Å². The van der Waals surface area contributed by atoms with Gasteiger partial charge in [-0.05, 0) is 18.6 Å². The highest BCUT2D eigenvalue weighted by molar-refractivity contribution is 6.36. The zero-order valence-corrected chi connectivity index (χ0v) is 19.4. The van der Waals surface area contributed by atoms with Crippen LogP contribution in [0.1, 0.15) is 18.1 Å². The van der Waals surface area contributed by atoms with Crippen LogP contribution < -0.4 is 25.4 Å². The molecule has 12 heteroatoms. The van der Waals surface area contributed by atoms with Crippen molar-refractivity contribution in [1.29, 1.82) is 0 Å². The summed E-state index contributed by atoms with van der Waals surface area (Å²) in [5, 5.41) is 3.34. The van der Waals surface area contributed by atoms with Crippen LogP contribution in [-0.4, -0.2) is 54.3 Å². The number of nitrogens with one attached hydrogen (secondary N) is 1. The molecule has 2 aliphatic heterocycles. The molecule has 0 aliphatic carbocycles. The number of anilines is 2. The number of nitrogen functional groups attached to an aromatic ring is 1. The predicted molar refractivity (Wildman–Crippen MR) is 123 cm³/mol. The fourth-order valence-corrected chi connectivity index (χ4v) is 5.00. The first-order valence-corrected chi connectivity index (χ1v) is 11.0. The lowest BCUT2D eigenvalue weighted by Crippen LogP contribution is -2.53. The van der Waals surface area contributed by atoms with E-state index in [0.717, 1.165) is 0 Å². The molecule has 0 spiro atoms. The van der Waals surface area contributed by atoms with Gasteiger partial charge in [0, 0.05) is 26.6 Å². The maximum atomic E-state index is 16.2. The maximum Gasteiger partial charge on any atom is 0.318 e. The Balaban J connectivity index is 1.90. The minimum Gasteiger partial charge on any atom is -0.489 e. The van der Waals surface area contributed by atoms with Crippen LogP contribution in [0.25, 0.3) is 22.2 Å². The van der Waals surface area contributed by atoms with Crippen LogP contribution in [0.4, 0.5) is 24.8 Å². The van der Waals surface area contributed by atoms with E-state index in [2.05, 4.69) is 20.3 Å². The van der Waals surface area contributed by atoms with Gasteiger partial charge in [0.2, 0.25) is 0 Å². The average Bonchev–Trinajstić information content (AvgIpc) is 2.93. The summed E-state index contributed by atoms with van der Waals surface area (Å²) in [7, 11) is 1.37. The molecular weight excluding hydrogens is 473 g/mol. The number of benzene rings is 1. The van der Waals surface area contributed by atoms with E-state index in [1.165, 1.54) is 20.1 Å². The van der Waals surface area contributed by atoms with Crippen LogP contribution >= 0.6 is 11.6 Å². The molecule has 0 radical (unpaired) electrons. The van der Waals surface area contributed by atoms with Gasteiger partial charge < -0.3 is 25.4 Å². The third-order valence-corrected chi connectivity index (χ3v) is 6.44. The topological polar surface area (TPSA) is 98.4 Å². The summed E-state index contributed by atoms with van der Waals surface area (Å²) in [6.07, 6.45) is 0. The molecule has 0 bridgehead atoms. The van der Waals surface area contributed by atoms with Gasteiger partial charge in [-0.2, -0.15) is 9.97 Å². The number of aromatic nitrogens is 3. The number of alkyl halides is 2. The number of methoxy groups -OCH3 is 1. The van der Waals surface area contributed by atoms with Crippen molar-refractivity contribution in [1.82, 2.24) is 20.3 Å². The molecule has 0 amide bonds. The number of ether oxygens (including phenoxy) is 2. The van der Waals surface area contributed by atoms with Crippen LogP contribution in [0, 0.1) is 12.7 Å². The third-order valence-electron chi connectivity index (χ3n) is 6.08. The molecule has 1 atom stereocenters. The Morgan fingerprint density at radius 1 is 1.32 bits per heavy atom.